The summed E-state index contributed by atoms with van der Waals surface area (Å²) >= 11 is 1.44. The molecular weight excluding hydrogens is 472 g/mol. The van der Waals surface area contributed by atoms with Crippen LogP contribution < -0.4 is 21.0 Å². The first kappa shape index (κ1) is 22.6. The second-order valence-corrected chi connectivity index (χ2v) is 10.1. The zero-order valence-corrected chi connectivity index (χ0v) is 20.8. The average Bonchev–Trinajstić information content (AvgIpc) is 3.07. The van der Waals surface area contributed by atoms with Gasteiger partial charge in [0.1, 0.15) is 16.2 Å². The van der Waals surface area contributed by atoms with E-state index in [2.05, 4.69) is 20.5 Å². The van der Waals surface area contributed by atoms with Crippen LogP contribution >= 0.6 is 11.3 Å². The van der Waals surface area contributed by atoms with Crippen molar-refractivity contribution in [1.82, 2.24) is 25.0 Å². The molecule has 1 fully saturated rings. The van der Waals surface area contributed by atoms with Gasteiger partial charge < -0.3 is 15.5 Å². The molecule has 9 heteroatoms. The number of nitrogens with zero attached hydrogens (tertiary/aromatic N) is 4. The van der Waals surface area contributed by atoms with Crippen LogP contribution in [0.2, 0.25) is 0 Å². The largest absolute Gasteiger partial charge is 0.355 e. The van der Waals surface area contributed by atoms with Crippen LogP contribution in [0.3, 0.4) is 0 Å². The Morgan fingerprint density at radius 3 is 2.83 bits per heavy atom. The van der Waals surface area contributed by atoms with Gasteiger partial charge in [0.15, 0.2) is 5.65 Å². The molecule has 5 aromatic rings. The maximum atomic E-state index is 13.8. The fraction of sp³-hybridized carbons (Fsp3) is 0.259. The van der Waals surface area contributed by atoms with Gasteiger partial charge in [0.2, 0.25) is 5.43 Å². The summed E-state index contributed by atoms with van der Waals surface area (Å²) < 4.78 is 2.98. The second-order valence-electron chi connectivity index (χ2n) is 9.04. The molecule has 1 amide bonds. The van der Waals surface area contributed by atoms with Crippen molar-refractivity contribution in [2.24, 2.45) is 0 Å². The van der Waals surface area contributed by atoms with E-state index in [4.69, 9.17) is 4.98 Å². The molecule has 0 radical (unpaired) electrons. The minimum atomic E-state index is -0.386. The molecule has 0 spiro atoms. The number of rotatable bonds is 4. The molecule has 2 N–H and O–H groups in total. The van der Waals surface area contributed by atoms with Crippen molar-refractivity contribution >= 4 is 49.1 Å². The van der Waals surface area contributed by atoms with E-state index in [1.54, 1.807) is 12.4 Å². The molecule has 36 heavy (non-hydrogen) atoms. The highest BCUT2D eigenvalue weighted by molar-refractivity contribution is 7.24. The number of carbonyl (C=O) groups excluding carboxylic acids is 1. The van der Waals surface area contributed by atoms with Crippen LogP contribution in [0.1, 0.15) is 27.9 Å². The van der Waals surface area contributed by atoms with E-state index in [1.807, 2.05) is 53.8 Å². The van der Waals surface area contributed by atoms with E-state index in [0.29, 0.717) is 22.4 Å². The number of amides is 1. The van der Waals surface area contributed by atoms with Gasteiger partial charge in [0.05, 0.1) is 15.6 Å². The average molecular weight is 499 g/mol. The van der Waals surface area contributed by atoms with Crippen LogP contribution in [-0.2, 0) is 6.54 Å². The number of thiazole rings is 1. The lowest BCUT2D eigenvalue weighted by Gasteiger charge is -2.23. The van der Waals surface area contributed by atoms with Gasteiger partial charge in [-0.3, -0.25) is 19.0 Å². The molecule has 0 saturated carbocycles. The lowest BCUT2D eigenvalue weighted by Crippen LogP contribution is -2.31. The van der Waals surface area contributed by atoms with Crippen molar-refractivity contribution < 1.29 is 4.79 Å². The summed E-state index contributed by atoms with van der Waals surface area (Å²) in [5, 5.41) is 6.83. The number of fused-ring (bicyclic) bond motifs is 5. The summed E-state index contributed by atoms with van der Waals surface area (Å²) in [5.74, 6) is 0.507. The molecule has 0 unspecified atom stereocenters. The van der Waals surface area contributed by atoms with Gasteiger partial charge in [0, 0.05) is 38.6 Å². The van der Waals surface area contributed by atoms with Gasteiger partial charge >= 0.3 is 0 Å². The smallest absolute Gasteiger partial charge is 0.258 e. The first-order valence-corrected chi connectivity index (χ1v) is 12.9. The number of nitrogens with one attached hydrogen (secondary N) is 2. The number of hydrogen-bond acceptors (Lipinski definition) is 7. The van der Waals surface area contributed by atoms with Crippen molar-refractivity contribution in [3.05, 3.63) is 81.8 Å². The third-order valence-corrected chi connectivity index (χ3v) is 7.79. The number of benzene rings is 1. The predicted molar refractivity (Wildman–Crippen MR) is 144 cm³/mol. The summed E-state index contributed by atoms with van der Waals surface area (Å²) in [4.78, 5) is 39.3. The molecule has 4 aromatic heterocycles. The maximum Gasteiger partial charge on any atom is 0.258 e. The van der Waals surface area contributed by atoms with E-state index in [-0.39, 0.29) is 16.9 Å². The third-order valence-electron chi connectivity index (χ3n) is 6.65. The molecule has 0 atom stereocenters. The molecule has 1 aliphatic heterocycles. The van der Waals surface area contributed by atoms with Gasteiger partial charge in [-0.2, -0.15) is 0 Å². The molecule has 5 heterocycles. The molecular formula is C27H26N6O2S. The number of aromatic nitrogens is 3. The number of anilines is 1. The number of para-hydroxylation sites is 1. The first-order chi connectivity index (χ1) is 17.6. The fourth-order valence-corrected chi connectivity index (χ4v) is 6.06. The summed E-state index contributed by atoms with van der Waals surface area (Å²) in [5.41, 5.74) is 3.25. The quantitative estimate of drug-likeness (QED) is 0.394. The van der Waals surface area contributed by atoms with Crippen molar-refractivity contribution in [2.75, 3.05) is 31.1 Å². The van der Waals surface area contributed by atoms with Crippen molar-refractivity contribution in [2.45, 2.75) is 19.9 Å². The molecule has 6 rings (SSSR count). The molecule has 8 nitrogen and oxygen atoms in total. The summed E-state index contributed by atoms with van der Waals surface area (Å²) in [7, 11) is 0. The summed E-state index contributed by atoms with van der Waals surface area (Å²) in [6.45, 7) is 5.95. The van der Waals surface area contributed by atoms with Gasteiger partial charge in [-0.15, -0.1) is 11.3 Å². The highest BCUT2D eigenvalue weighted by Gasteiger charge is 2.24. The Balaban J connectivity index is 1.56. The molecule has 1 saturated heterocycles. The zero-order chi connectivity index (χ0) is 24.6. The molecule has 0 bridgehead atoms. The second kappa shape index (κ2) is 9.33. The van der Waals surface area contributed by atoms with E-state index < -0.39 is 0 Å². The molecule has 182 valence electrons. The Morgan fingerprint density at radius 2 is 1.97 bits per heavy atom. The van der Waals surface area contributed by atoms with Crippen LogP contribution in [0.5, 0.6) is 0 Å². The predicted octanol–water partition coefficient (Wildman–Crippen LogP) is 3.50. The van der Waals surface area contributed by atoms with Gasteiger partial charge in [-0.05, 0) is 61.3 Å². The van der Waals surface area contributed by atoms with Crippen LogP contribution in [0, 0.1) is 6.92 Å². The summed E-state index contributed by atoms with van der Waals surface area (Å²) in [6, 6.07) is 13.5. The van der Waals surface area contributed by atoms with Crippen molar-refractivity contribution in [3.63, 3.8) is 0 Å². The Kier molecular flexibility index (Phi) is 5.86. The van der Waals surface area contributed by atoms with Crippen LogP contribution in [-0.4, -0.2) is 46.5 Å². The Labute approximate surface area is 211 Å². The van der Waals surface area contributed by atoms with E-state index in [1.165, 1.54) is 11.3 Å². The fourth-order valence-electron chi connectivity index (χ4n) is 4.87. The lowest BCUT2D eigenvalue weighted by atomic mass is 10.1. The first-order valence-electron chi connectivity index (χ1n) is 12.1. The van der Waals surface area contributed by atoms with Crippen molar-refractivity contribution in [1.29, 1.82) is 0 Å². The Hall–Kier alpha value is -3.82. The minimum absolute atomic E-state index is 0.158. The Morgan fingerprint density at radius 1 is 1.14 bits per heavy atom. The number of hydrogen-bond donors (Lipinski definition) is 2. The minimum Gasteiger partial charge on any atom is -0.355 e. The standard InChI is InChI=1S/C27H26N6O2S/c1-17-15-19-23(34)22(26(35)30-16-18-7-10-29-11-8-18)27-33(20-5-2-3-6-21(20)36-27)25(19)31-24(17)32-13-4-9-28-12-14-32/h2-3,5-8,10-11,15,28H,4,9,12-14,16H2,1H3,(H,30,35). The highest BCUT2D eigenvalue weighted by Crippen LogP contribution is 2.32. The normalized spacial score (nSPS) is 14.4. The number of pyridine rings is 3. The lowest BCUT2D eigenvalue weighted by molar-refractivity contribution is 0.0951. The molecule has 1 aromatic carbocycles. The van der Waals surface area contributed by atoms with E-state index in [9.17, 15) is 9.59 Å². The topological polar surface area (TPSA) is 91.6 Å². The highest BCUT2D eigenvalue weighted by atomic mass is 32.1. The number of carbonyl (C=O) groups is 1. The summed E-state index contributed by atoms with van der Waals surface area (Å²) in [6.07, 6.45) is 4.40. The van der Waals surface area contributed by atoms with E-state index >= 15 is 0 Å². The van der Waals surface area contributed by atoms with Crippen molar-refractivity contribution in [3.8, 4) is 0 Å². The monoisotopic (exact) mass is 498 g/mol. The third kappa shape index (κ3) is 3.90. The number of aryl methyl sites for hydroxylation is 1. The van der Waals surface area contributed by atoms with Gasteiger partial charge in [0.25, 0.3) is 5.91 Å². The molecule has 0 aliphatic carbocycles. The Bertz CT molecular complexity index is 1650. The van der Waals surface area contributed by atoms with Crippen LogP contribution in [0.15, 0.2) is 59.7 Å². The van der Waals surface area contributed by atoms with Crippen LogP contribution in [0.4, 0.5) is 5.82 Å². The maximum absolute atomic E-state index is 13.8. The van der Waals surface area contributed by atoms with E-state index in [0.717, 1.165) is 59.8 Å². The molecule has 1 aliphatic rings. The van der Waals surface area contributed by atoms with Crippen LogP contribution in [0.25, 0.3) is 26.1 Å². The van der Waals surface area contributed by atoms with Gasteiger partial charge in [-0.25, -0.2) is 4.98 Å². The van der Waals surface area contributed by atoms with Gasteiger partial charge in [-0.1, -0.05) is 12.1 Å². The zero-order valence-electron chi connectivity index (χ0n) is 20.0. The SMILES string of the molecule is Cc1cc2c(=O)c(C(=O)NCc3ccncc3)c3sc4ccccc4n3c2nc1N1CCCNCC1.